The summed E-state index contributed by atoms with van der Waals surface area (Å²) in [7, 11) is 0. The van der Waals surface area contributed by atoms with Crippen molar-refractivity contribution in [1.82, 2.24) is 5.43 Å². The van der Waals surface area contributed by atoms with Gasteiger partial charge >= 0.3 is 0 Å². The van der Waals surface area contributed by atoms with Gasteiger partial charge in [-0.05, 0) is 37.5 Å². The molecule has 0 bridgehead atoms. The van der Waals surface area contributed by atoms with Gasteiger partial charge in [-0.15, -0.1) is 0 Å². The number of halogens is 4. The van der Waals surface area contributed by atoms with E-state index in [9.17, 15) is 17.6 Å². The summed E-state index contributed by atoms with van der Waals surface area (Å²) < 4.78 is 53.1. The number of hydrazine groups is 1. The molecule has 2 aliphatic rings. The summed E-state index contributed by atoms with van der Waals surface area (Å²) in [5.41, 5.74) is 2.59. The van der Waals surface area contributed by atoms with E-state index in [0.29, 0.717) is 25.7 Å². The molecule has 0 heterocycles. The Morgan fingerprint density at radius 2 is 1.74 bits per heavy atom. The second-order valence-corrected chi connectivity index (χ2v) is 6.19. The molecule has 19 heavy (non-hydrogen) atoms. The zero-order valence-corrected chi connectivity index (χ0v) is 11.0. The lowest BCUT2D eigenvalue weighted by atomic mass is 9.79. The molecule has 3 N–H and O–H groups in total. The van der Waals surface area contributed by atoms with Crippen LogP contribution in [0.3, 0.4) is 0 Å². The molecule has 0 aromatic rings. The topological polar surface area (TPSA) is 38.0 Å². The van der Waals surface area contributed by atoms with Crippen LogP contribution in [0.5, 0.6) is 0 Å². The Morgan fingerprint density at radius 1 is 1.05 bits per heavy atom. The zero-order chi connectivity index (χ0) is 14.1. The van der Waals surface area contributed by atoms with Crippen LogP contribution >= 0.6 is 0 Å². The molecule has 6 heteroatoms. The Hall–Kier alpha value is -0.360. The third kappa shape index (κ3) is 4.05. The molecule has 2 rings (SSSR count). The highest BCUT2D eigenvalue weighted by Crippen LogP contribution is 2.43. The summed E-state index contributed by atoms with van der Waals surface area (Å²) in [6.45, 7) is 0. The smallest absolute Gasteiger partial charge is 0.248 e. The predicted molar refractivity (Wildman–Crippen MR) is 64.9 cm³/mol. The summed E-state index contributed by atoms with van der Waals surface area (Å²) in [5.74, 6) is -0.0655. The van der Waals surface area contributed by atoms with E-state index in [1.807, 2.05) is 0 Å². The van der Waals surface area contributed by atoms with Crippen LogP contribution in [0.15, 0.2) is 0 Å². The van der Waals surface area contributed by atoms with Gasteiger partial charge in [0, 0.05) is 31.7 Å². The van der Waals surface area contributed by atoms with E-state index in [4.69, 9.17) is 5.84 Å². The molecule has 0 radical (unpaired) electrons. The highest BCUT2D eigenvalue weighted by Gasteiger charge is 2.43. The molecule has 0 aromatic heterocycles. The van der Waals surface area contributed by atoms with E-state index in [1.165, 1.54) is 0 Å². The fourth-order valence-corrected chi connectivity index (χ4v) is 3.55. The lowest BCUT2D eigenvalue weighted by Gasteiger charge is -2.35. The second-order valence-electron chi connectivity index (χ2n) is 6.19. The van der Waals surface area contributed by atoms with E-state index < -0.39 is 11.8 Å². The van der Waals surface area contributed by atoms with Crippen molar-refractivity contribution in [2.24, 2.45) is 17.7 Å². The number of hydrogen-bond acceptors (Lipinski definition) is 2. The Morgan fingerprint density at radius 3 is 2.26 bits per heavy atom. The number of alkyl halides is 4. The summed E-state index contributed by atoms with van der Waals surface area (Å²) in [6, 6.07) is -0.273. The first-order valence-corrected chi connectivity index (χ1v) is 7.03. The van der Waals surface area contributed by atoms with Crippen LogP contribution in [0.4, 0.5) is 17.6 Å². The monoisotopic (exact) mass is 282 g/mol. The van der Waals surface area contributed by atoms with Crippen LogP contribution < -0.4 is 11.3 Å². The standard InChI is InChI=1S/C13H22F4N2/c14-12(15)4-1-2-10(8-12)11(19-18)6-9-3-5-13(16,17)7-9/h9-11,19H,1-8,18H2. The van der Waals surface area contributed by atoms with E-state index in [-0.39, 0.29) is 43.6 Å². The average molecular weight is 282 g/mol. The maximum atomic E-state index is 13.4. The van der Waals surface area contributed by atoms with Crippen molar-refractivity contribution < 1.29 is 17.6 Å². The van der Waals surface area contributed by atoms with E-state index in [0.717, 1.165) is 0 Å². The van der Waals surface area contributed by atoms with Crippen LogP contribution in [0.1, 0.15) is 51.4 Å². The molecule has 0 aromatic carbocycles. The van der Waals surface area contributed by atoms with Gasteiger partial charge in [0.1, 0.15) is 0 Å². The van der Waals surface area contributed by atoms with E-state index in [2.05, 4.69) is 5.43 Å². The van der Waals surface area contributed by atoms with Crippen molar-refractivity contribution in [3.05, 3.63) is 0 Å². The van der Waals surface area contributed by atoms with Crippen LogP contribution in [0.25, 0.3) is 0 Å². The van der Waals surface area contributed by atoms with Gasteiger partial charge in [-0.2, -0.15) is 0 Å². The fraction of sp³-hybridized carbons (Fsp3) is 1.00. The SMILES string of the molecule is NNC(CC1CCC(F)(F)C1)C1CCCC(F)(F)C1. The fourth-order valence-electron chi connectivity index (χ4n) is 3.55. The molecule has 2 fully saturated rings. The van der Waals surface area contributed by atoms with Crippen LogP contribution in [0, 0.1) is 11.8 Å². The molecule has 0 spiro atoms. The van der Waals surface area contributed by atoms with Gasteiger partial charge in [0.25, 0.3) is 0 Å². The molecule has 2 nitrogen and oxygen atoms in total. The lowest BCUT2D eigenvalue weighted by molar-refractivity contribution is -0.0598. The van der Waals surface area contributed by atoms with Gasteiger partial charge in [0.05, 0.1) is 0 Å². The molecule has 0 saturated heterocycles. The minimum absolute atomic E-state index is 0.0672. The Bertz CT molecular complexity index is 309. The summed E-state index contributed by atoms with van der Waals surface area (Å²) in [6.07, 6.45) is 1.67. The summed E-state index contributed by atoms with van der Waals surface area (Å²) >= 11 is 0. The maximum absolute atomic E-state index is 13.4. The van der Waals surface area contributed by atoms with Crippen LogP contribution in [0.2, 0.25) is 0 Å². The maximum Gasteiger partial charge on any atom is 0.248 e. The van der Waals surface area contributed by atoms with E-state index >= 15 is 0 Å². The first-order chi connectivity index (χ1) is 8.81. The largest absolute Gasteiger partial charge is 0.271 e. The van der Waals surface area contributed by atoms with Gasteiger partial charge in [0.2, 0.25) is 11.8 Å². The van der Waals surface area contributed by atoms with Gasteiger partial charge < -0.3 is 0 Å². The van der Waals surface area contributed by atoms with Crippen LogP contribution in [-0.2, 0) is 0 Å². The quantitative estimate of drug-likeness (QED) is 0.471. The van der Waals surface area contributed by atoms with Crippen LogP contribution in [-0.4, -0.2) is 17.9 Å². The summed E-state index contributed by atoms with van der Waals surface area (Å²) in [5, 5.41) is 0. The molecule has 0 amide bonds. The lowest BCUT2D eigenvalue weighted by Crippen LogP contribution is -2.45. The highest BCUT2D eigenvalue weighted by atomic mass is 19.3. The zero-order valence-electron chi connectivity index (χ0n) is 11.0. The van der Waals surface area contributed by atoms with Crippen molar-refractivity contribution in [2.45, 2.75) is 69.3 Å². The molecule has 112 valence electrons. The summed E-state index contributed by atoms with van der Waals surface area (Å²) in [4.78, 5) is 0. The van der Waals surface area contributed by atoms with Crippen molar-refractivity contribution in [2.75, 3.05) is 0 Å². The van der Waals surface area contributed by atoms with E-state index in [1.54, 1.807) is 0 Å². The highest BCUT2D eigenvalue weighted by molar-refractivity contribution is 4.89. The number of nitrogens with one attached hydrogen (secondary N) is 1. The Kier molecular flexibility index (Phi) is 4.40. The van der Waals surface area contributed by atoms with Gasteiger partial charge in [-0.3, -0.25) is 11.3 Å². The average Bonchev–Trinajstić information content (AvgIpc) is 2.64. The van der Waals surface area contributed by atoms with Gasteiger partial charge in [-0.25, -0.2) is 17.6 Å². The Balaban J connectivity index is 1.89. The first-order valence-electron chi connectivity index (χ1n) is 7.03. The molecule has 2 aliphatic carbocycles. The van der Waals surface area contributed by atoms with Crippen molar-refractivity contribution in [3.8, 4) is 0 Å². The normalized spacial score (nSPS) is 35.2. The molecular formula is C13H22F4N2. The first kappa shape index (κ1) is 15.0. The van der Waals surface area contributed by atoms with Crippen molar-refractivity contribution in [3.63, 3.8) is 0 Å². The van der Waals surface area contributed by atoms with Crippen molar-refractivity contribution >= 4 is 0 Å². The van der Waals surface area contributed by atoms with Crippen molar-refractivity contribution in [1.29, 1.82) is 0 Å². The predicted octanol–water partition coefficient (Wildman–Crippen LogP) is 3.47. The molecule has 3 unspecified atom stereocenters. The number of hydrogen-bond donors (Lipinski definition) is 2. The minimum atomic E-state index is -2.63. The Labute approximate surface area is 111 Å². The molecular weight excluding hydrogens is 260 g/mol. The number of rotatable bonds is 4. The molecule has 2 saturated carbocycles. The third-order valence-electron chi connectivity index (χ3n) is 4.55. The third-order valence-corrected chi connectivity index (χ3v) is 4.55. The van der Waals surface area contributed by atoms with Gasteiger partial charge in [0.15, 0.2) is 0 Å². The molecule has 3 atom stereocenters. The van der Waals surface area contributed by atoms with Gasteiger partial charge in [-0.1, -0.05) is 0 Å². The molecule has 0 aliphatic heterocycles. The second kappa shape index (κ2) is 5.56. The minimum Gasteiger partial charge on any atom is -0.271 e. The number of nitrogens with two attached hydrogens (primary N) is 1.